The first kappa shape index (κ1) is 23.1. The van der Waals surface area contributed by atoms with Crippen LogP contribution in [0.2, 0.25) is 0 Å². The topological polar surface area (TPSA) is 149 Å². The molecule has 14 heavy (non-hydrogen) atoms. The van der Waals surface area contributed by atoms with Crippen molar-refractivity contribution < 1.29 is 73.5 Å². The molecule has 0 aliphatic carbocycles. The molecule has 0 heterocycles. The van der Waals surface area contributed by atoms with Crippen molar-refractivity contribution in [2.75, 3.05) is 0 Å². The standard InChI is InChI=1S/2C2H2O4.Co.Cu/c2*3-1(4)2(5)6;;/h2*(H,3,4)(H,5,6);;. The Morgan fingerprint density at radius 2 is 0.643 bits per heavy atom. The maximum absolute atomic E-state index is 9.10. The molecular weight excluding hydrogens is 299 g/mol. The minimum Gasteiger partial charge on any atom is -0.473 e. The van der Waals surface area contributed by atoms with Gasteiger partial charge in [0.1, 0.15) is 0 Å². The number of rotatable bonds is 0. The molecule has 0 fully saturated rings. The van der Waals surface area contributed by atoms with Gasteiger partial charge in [0.15, 0.2) is 0 Å². The molecule has 0 atom stereocenters. The van der Waals surface area contributed by atoms with Crippen molar-refractivity contribution in [3.05, 3.63) is 0 Å². The van der Waals surface area contributed by atoms with Crippen molar-refractivity contribution in [1.29, 1.82) is 0 Å². The fourth-order valence-corrected chi connectivity index (χ4v) is 0. The molecule has 0 bridgehead atoms. The fraction of sp³-hybridized carbons (Fsp3) is 0. The number of hydrogen-bond acceptors (Lipinski definition) is 4. The Labute approximate surface area is 97.6 Å². The average Bonchev–Trinajstić information content (AvgIpc) is 1.88. The third-order valence-electron chi connectivity index (χ3n) is 0.366. The summed E-state index contributed by atoms with van der Waals surface area (Å²) in [6, 6.07) is 0. The molecule has 0 rings (SSSR count). The van der Waals surface area contributed by atoms with Crippen molar-refractivity contribution >= 4 is 23.9 Å². The van der Waals surface area contributed by atoms with E-state index in [1.165, 1.54) is 0 Å². The van der Waals surface area contributed by atoms with E-state index in [-0.39, 0.29) is 33.8 Å². The maximum atomic E-state index is 9.10. The van der Waals surface area contributed by atoms with E-state index < -0.39 is 23.9 Å². The van der Waals surface area contributed by atoms with Gasteiger partial charge >= 0.3 is 23.9 Å². The van der Waals surface area contributed by atoms with Crippen LogP contribution in [0.3, 0.4) is 0 Å². The summed E-state index contributed by atoms with van der Waals surface area (Å²) in [6.07, 6.45) is 0. The minimum absolute atomic E-state index is 0. The fourth-order valence-electron chi connectivity index (χ4n) is 0. The Hall–Kier alpha value is -1.09. The molecule has 0 saturated carbocycles. The Kier molecular flexibility index (Phi) is 19.6. The second kappa shape index (κ2) is 11.9. The molecule has 10 heteroatoms. The Morgan fingerprint density at radius 3 is 0.643 bits per heavy atom. The van der Waals surface area contributed by atoms with E-state index >= 15 is 0 Å². The van der Waals surface area contributed by atoms with Crippen LogP contribution >= 0.6 is 0 Å². The van der Waals surface area contributed by atoms with Gasteiger partial charge in [0, 0.05) is 33.8 Å². The van der Waals surface area contributed by atoms with Gasteiger partial charge in [-0.15, -0.1) is 0 Å². The van der Waals surface area contributed by atoms with E-state index in [0.717, 1.165) is 0 Å². The second-order valence-corrected chi connectivity index (χ2v) is 1.22. The third-order valence-corrected chi connectivity index (χ3v) is 0.366. The first-order valence-electron chi connectivity index (χ1n) is 2.21. The quantitative estimate of drug-likeness (QED) is 0.306. The van der Waals surface area contributed by atoms with Crippen LogP contribution in [0.4, 0.5) is 0 Å². The van der Waals surface area contributed by atoms with Crippen molar-refractivity contribution in [3.63, 3.8) is 0 Å². The SMILES string of the molecule is O=C(O)C(=O)O.O=C(O)C(=O)O.[Co].[Cu]. The molecular formula is C4H4CoCuO8. The largest absolute Gasteiger partial charge is 0.473 e. The van der Waals surface area contributed by atoms with Gasteiger partial charge in [0.2, 0.25) is 0 Å². The Balaban J connectivity index is -0.0000000625. The number of carboxylic acids is 4. The predicted molar refractivity (Wildman–Crippen MR) is 30.5 cm³/mol. The molecule has 0 unspecified atom stereocenters. The second-order valence-electron chi connectivity index (χ2n) is 1.22. The summed E-state index contributed by atoms with van der Waals surface area (Å²) in [7, 11) is 0. The molecule has 88 valence electrons. The van der Waals surface area contributed by atoms with Gasteiger partial charge in [0.05, 0.1) is 0 Å². The molecule has 0 aliphatic heterocycles. The van der Waals surface area contributed by atoms with E-state index in [4.69, 9.17) is 39.6 Å². The number of hydrogen-bond donors (Lipinski definition) is 4. The molecule has 0 aromatic heterocycles. The van der Waals surface area contributed by atoms with Crippen LogP contribution in [0.1, 0.15) is 0 Å². The van der Waals surface area contributed by atoms with Crippen LogP contribution < -0.4 is 0 Å². The summed E-state index contributed by atoms with van der Waals surface area (Å²) in [5.74, 6) is -7.30. The first-order valence-corrected chi connectivity index (χ1v) is 2.21. The van der Waals surface area contributed by atoms with Gasteiger partial charge in [-0.25, -0.2) is 19.2 Å². The van der Waals surface area contributed by atoms with Crippen molar-refractivity contribution in [2.45, 2.75) is 0 Å². The van der Waals surface area contributed by atoms with E-state index in [1.54, 1.807) is 0 Å². The zero-order valence-electron chi connectivity index (χ0n) is 6.06. The molecule has 8 nitrogen and oxygen atoms in total. The van der Waals surface area contributed by atoms with Crippen LogP contribution in [0.25, 0.3) is 0 Å². The Morgan fingerprint density at radius 1 is 0.571 bits per heavy atom. The van der Waals surface area contributed by atoms with Crippen molar-refractivity contribution in [3.8, 4) is 0 Å². The van der Waals surface area contributed by atoms with Gasteiger partial charge in [-0.1, -0.05) is 0 Å². The van der Waals surface area contributed by atoms with Gasteiger partial charge < -0.3 is 20.4 Å². The number of carboxylic acid groups (broad SMARTS) is 4. The minimum atomic E-state index is -1.82. The molecule has 0 aromatic rings. The molecule has 0 saturated heterocycles. The van der Waals surface area contributed by atoms with Gasteiger partial charge in [-0.3, -0.25) is 0 Å². The molecule has 0 aromatic carbocycles. The van der Waals surface area contributed by atoms with E-state index in [0.29, 0.717) is 0 Å². The number of carbonyl (C=O) groups is 4. The molecule has 4 N–H and O–H groups in total. The van der Waals surface area contributed by atoms with E-state index in [1.807, 2.05) is 0 Å². The number of aliphatic carboxylic acids is 4. The summed E-state index contributed by atoms with van der Waals surface area (Å²) in [6.45, 7) is 0. The van der Waals surface area contributed by atoms with Gasteiger partial charge in [-0.2, -0.15) is 0 Å². The van der Waals surface area contributed by atoms with Crippen molar-refractivity contribution in [2.24, 2.45) is 0 Å². The van der Waals surface area contributed by atoms with Crippen LogP contribution in [-0.2, 0) is 53.0 Å². The van der Waals surface area contributed by atoms with Crippen LogP contribution in [0.15, 0.2) is 0 Å². The summed E-state index contributed by atoms with van der Waals surface area (Å²) in [4.78, 5) is 36.4. The first-order chi connectivity index (χ1) is 5.29. The maximum Gasteiger partial charge on any atom is 0.414 e. The molecule has 0 amide bonds. The normalized spacial score (nSPS) is 6.29. The van der Waals surface area contributed by atoms with Crippen LogP contribution in [-0.4, -0.2) is 44.3 Å². The van der Waals surface area contributed by atoms with Gasteiger partial charge in [0.25, 0.3) is 0 Å². The van der Waals surface area contributed by atoms with Crippen LogP contribution in [0.5, 0.6) is 0 Å². The summed E-state index contributed by atoms with van der Waals surface area (Å²) < 4.78 is 0. The molecule has 0 aliphatic rings. The van der Waals surface area contributed by atoms with Crippen molar-refractivity contribution in [1.82, 2.24) is 0 Å². The van der Waals surface area contributed by atoms with E-state index in [2.05, 4.69) is 0 Å². The summed E-state index contributed by atoms with van der Waals surface area (Å²) in [5.41, 5.74) is 0. The monoisotopic (exact) mass is 302 g/mol. The van der Waals surface area contributed by atoms with Crippen LogP contribution in [0, 0.1) is 0 Å². The summed E-state index contributed by atoms with van der Waals surface area (Å²) in [5, 5.41) is 29.6. The van der Waals surface area contributed by atoms with Gasteiger partial charge in [-0.05, 0) is 0 Å². The zero-order chi connectivity index (χ0) is 10.3. The van der Waals surface area contributed by atoms with E-state index in [9.17, 15) is 0 Å². The molecule has 2 radical (unpaired) electrons. The zero-order valence-corrected chi connectivity index (χ0v) is 8.04. The summed E-state index contributed by atoms with van der Waals surface area (Å²) >= 11 is 0. The predicted octanol–water partition coefficient (Wildman–Crippen LogP) is -1.69. The molecule has 0 spiro atoms. The Bertz CT molecular complexity index is 177. The third kappa shape index (κ3) is 22.4. The smallest absolute Gasteiger partial charge is 0.414 e. The average molecular weight is 303 g/mol.